The Labute approximate surface area is 127 Å². The van der Waals surface area contributed by atoms with Crippen molar-refractivity contribution in [1.29, 1.82) is 0 Å². The predicted octanol–water partition coefficient (Wildman–Crippen LogP) is 2.38. The monoisotopic (exact) mass is 300 g/mol. The molecule has 0 amide bonds. The van der Waals surface area contributed by atoms with Crippen molar-refractivity contribution in [2.45, 2.75) is 25.3 Å². The Morgan fingerprint density at radius 3 is 2.73 bits per heavy atom. The largest absolute Gasteiger partial charge is 0.480 e. The highest BCUT2D eigenvalue weighted by atomic mass is 16.4. The molecule has 22 heavy (non-hydrogen) atoms. The van der Waals surface area contributed by atoms with Gasteiger partial charge in [-0.2, -0.15) is 0 Å². The maximum absolute atomic E-state index is 11.5. The average molecular weight is 300 g/mol. The lowest BCUT2D eigenvalue weighted by atomic mass is 10.0. The zero-order valence-corrected chi connectivity index (χ0v) is 11.9. The minimum Gasteiger partial charge on any atom is -0.480 e. The molecule has 1 atom stereocenters. The number of benzene rings is 1. The molecule has 0 aliphatic carbocycles. The van der Waals surface area contributed by atoms with Crippen molar-refractivity contribution in [3.8, 4) is 0 Å². The first kappa shape index (κ1) is 14.3. The summed E-state index contributed by atoms with van der Waals surface area (Å²) >= 11 is 0. The van der Waals surface area contributed by atoms with Crippen molar-refractivity contribution in [3.63, 3.8) is 0 Å². The van der Waals surface area contributed by atoms with Crippen LogP contribution in [0.1, 0.15) is 29.6 Å². The summed E-state index contributed by atoms with van der Waals surface area (Å²) in [6, 6.07) is 6.01. The van der Waals surface area contributed by atoms with E-state index in [1.807, 2.05) is 0 Å². The van der Waals surface area contributed by atoms with Crippen LogP contribution in [0.5, 0.6) is 0 Å². The number of pyridine rings is 1. The molecule has 2 aromatic rings. The molecule has 1 aliphatic heterocycles. The SMILES string of the molecule is O=C(O)c1ccc2ccnc(N3CCCCC3C(=O)O)c2c1. The number of aliphatic carboxylic acids is 1. The number of hydrogen-bond acceptors (Lipinski definition) is 4. The molecule has 114 valence electrons. The maximum Gasteiger partial charge on any atom is 0.335 e. The summed E-state index contributed by atoms with van der Waals surface area (Å²) in [6.45, 7) is 0.611. The van der Waals surface area contributed by atoms with Crippen molar-refractivity contribution in [1.82, 2.24) is 4.98 Å². The van der Waals surface area contributed by atoms with E-state index in [1.165, 1.54) is 0 Å². The first-order valence-corrected chi connectivity index (χ1v) is 7.19. The van der Waals surface area contributed by atoms with Gasteiger partial charge in [-0.05, 0) is 42.8 Å². The highest BCUT2D eigenvalue weighted by molar-refractivity contribution is 5.99. The van der Waals surface area contributed by atoms with E-state index in [0.29, 0.717) is 24.2 Å². The molecule has 0 spiro atoms. The van der Waals surface area contributed by atoms with E-state index in [-0.39, 0.29) is 5.56 Å². The highest BCUT2D eigenvalue weighted by Crippen LogP contribution is 2.30. The number of aromatic carboxylic acids is 1. The number of anilines is 1. The number of carboxylic acid groups (broad SMARTS) is 2. The van der Waals surface area contributed by atoms with E-state index in [2.05, 4.69) is 4.98 Å². The van der Waals surface area contributed by atoms with E-state index in [1.54, 1.807) is 35.4 Å². The van der Waals surface area contributed by atoms with Crippen LogP contribution in [0.3, 0.4) is 0 Å². The topological polar surface area (TPSA) is 90.7 Å². The van der Waals surface area contributed by atoms with Gasteiger partial charge in [0.25, 0.3) is 0 Å². The molecule has 6 heteroatoms. The summed E-state index contributed by atoms with van der Waals surface area (Å²) in [4.78, 5) is 28.8. The summed E-state index contributed by atoms with van der Waals surface area (Å²) in [5.41, 5.74) is 0.172. The van der Waals surface area contributed by atoms with Gasteiger partial charge in [-0.3, -0.25) is 0 Å². The number of carbonyl (C=O) groups is 2. The third-order valence-electron chi connectivity index (χ3n) is 4.05. The maximum atomic E-state index is 11.5. The molecule has 2 N–H and O–H groups in total. The minimum absolute atomic E-state index is 0.172. The van der Waals surface area contributed by atoms with E-state index in [9.17, 15) is 14.7 Å². The molecule has 1 aromatic heterocycles. The normalized spacial score (nSPS) is 18.4. The van der Waals surface area contributed by atoms with Crippen LogP contribution in [0.2, 0.25) is 0 Å². The number of hydrogen-bond donors (Lipinski definition) is 2. The third kappa shape index (κ3) is 2.47. The Morgan fingerprint density at radius 1 is 1.18 bits per heavy atom. The quantitative estimate of drug-likeness (QED) is 0.904. The zero-order chi connectivity index (χ0) is 15.7. The molecular formula is C16H16N2O4. The van der Waals surface area contributed by atoms with Crippen molar-refractivity contribution in [2.24, 2.45) is 0 Å². The summed E-state index contributed by atoms with van der Waals surface area (Å²) in [5, 5.41) is 20.1. The van der Waals surface area contributed by atoms with Gasteiger partial charge < -0.3 is 15.1 Å². The van der Waals surface area contributed by atoms with Gasteiger partial charge in [0.05, 0.1) is 5.56 Å². The van der Waals surface area contributed by atoms with Crippen LogP contribution in [0.4, 0.5) is 5.82 Å². The first-order valence-electron chi connectivity index (χ1n) is 7.19. The smallest absolute Gasteiger partial charge is 0.335 e. The molecule has 0 radical (unpaired) electrons. The fourth-order valence-electron chi connectivity index (χ4n) is 2.96. The Balaban J connectivity index is 2.14. The van der Waals surface area contributed by atoms with E-state index < -0.39 is 18.0 Å². The molecule has 1 unspecified atom stereocenters. The van der Waals surface area contributed by atoms with Crippen LogP contribution < -0.4 is 4.90 Å². The number of rotatable bonds is 3. The second-order valence-corrected chi connectivity index (χ2v) is 5.42. The molecular weight excluding hydrogens is 284 g/mol. The lowest BCUT2D eigenvalue weighted by Crippen LogP contribution is -2.45. The molecule has 1 aromatic carbocycles. The van der Waals surface area contributed by atoms with E-state index >= 15 is 0 Å². The summed E-state index contributed by atoms with van der Waals surface area (Å²) in [5.74, 6) is -1.33. The molecule has 1 saturated heterocycles. The number of carboxylic acids is 2. The number of aromatic nitrogens is 1. The summed E-state index contributed by atoms with van der Waals surface area (Å²) in [7, 11) is 0. The minimum atomic E-state index is -1.01. The van der Waals surface area contributed by atoms with Crippen LogP contribution in [0, 0.1) is 0 Å². The lowest BCUT2D eigenvalue weighted by Gasteiger charge is -2.34. The van der Waals surface area contributed by atoms with Gasteiger partial charge in [0.15, 0.2) is 0 Å². The van der Waals surface area contributed by atoms with Crippen LogP contribution in [-0.2, 0) is 4.79 Å². The second-order valence-electron chi connectivity index (χ2n) is 5.42. The second kappa shape index (κ2) is 5.63. The Bertz CT molecular complexity index is 744. The van der Waals surface area contributed by atoms with Gasteiger partial charge in [-0.1, -0.05) is 6.07 Å². The Morgan fingerprint density at radius 2 is 2.00 bits per heavy atom. The standard InChI is InChI=1S/C16H16N2O4/c19-15(20)11-5-4-10-6-7-17-14(12(10)9-11)18-8-2-1-3-13(18)16(21)22/h4-7,9,13H,1-3,8H2,(H,19,20)(H,21,22). The van der Waals surface area contributed by atoms with Crippen LogP contribution in [-0.4, -0.2) is 39.7 Å². The molecule has 3 rings (SSSR count). The van der Waals surface area contributed by atoms with Gasteiger partial charge in [0.2, 0.25) is 0 Å². The van der Waals surface area contributed by atoms with Crippen molar-refractivity contribution in [2.75, 3.05) is 11.4 Å². The molecule has 1 aliphatic rings. The highest BCUT2D eigenvalue weighted by Gasteiger charge is 2.30. The molecule has 2 heterocycles. The summed E-state index contributed by atoms with van der Waals surface area (Å²) in [6.07, 6.45) is 3.98. The fraction of sp³-hybridized carbons (Fsp3) is 0.312. The number of nitrogens with zero attached hydrogens (tertiary/aromatic N) is 2. The van der Waals surface area contributed by atoms with Crippen molar-refractivity contribution >= 4 is 28.5 Å². The van der Waals surface area contributed by atoms with Crippen molar-refractivity contribution in [3.05, 3.63) is 36.0 Å². The number of fused-ring (bicyclic) bond motifs is 1. The van der Waals surface area contributed by atoms with Gasteiger partial charge in [0, 0.05) is 18.1 Å². The number of piperidine rings is 1. The average Bonchev–Trinajstić information content (AvgIpc) is 2.53. The van der Waals surface area contributed by atoms with E-state index in [4.69, 9.17) is 5.11 Å². The van der Waals surface area contributed by atoms with E-state index in [0.717, 1.165) is 18.2 Å². The first-order chi connectivity index (χ1) is 10.6. The Hall–Kier alpha value is -2.63. The van der Waals surface area contributed by atoms with Crippen LogP contribution >= 0.6 is 0 Å². The van der Waals surface area contributed by atoms with Gasteiger partial charge in [-0.25, -0.2) is 14.6 Å². The molecule has 0 saturated carbocycles. The van der Waals surface area contributed by atoms with Crippen molar-refractivity contribution < 1.29 is 19.8 Å². The third-order valence-corrected chi connectivity index (χ3v) is 4.05. The molecule has 1 fully saturated rings. The van der Waals surface area contributed by atoms with Crippen LogP contribution in [0.15, 0.2) is 30.5 Å². The molecule has 0 bridgehead atoms. The molecule has 6 nitrogen and oxygen atoms in total. The summed E-state index contributed by atoms with van der Waals surface area (Å²) < 4.78 is 0. The lowest BCUT2D eigenvalue weighted by molar-refractivity contribution is -0.139. The fourth-order valence-corrected chi connectivity index (χ4v) is 2.96. The predicted molar refractivity (Wildman–Crippen MR) is 81.3 cm³/mol. The van der Waals surface area contributed by atoms with Gasteiger partial charge in [0.1, 0.15) is 11.9 Å². The van der Waals surface area contributed by atoms with Crippen LogP contribution in [0.25, 0.3) is 10.8 Å². The van der Waals surface area contributed by atoms with Gasteiger partial charge in [-0.15, -0.1) is 0 Å². The Kier molecular flexibility index (Phi) is 3.66. The zero-order valence-electron chi connectivity index (χ0n) is 11.9. The van der Waals surface area contributed by atoms with Gasteiger partial charge >= 0.3 is 11.9 Å².